The summed E-state index contributed by atoms with van der Waals surface area (Å²) in [6, 6.07) is 0.0524. The first-order chi connectivity index (χ1) is 16.0. The van der Waals surface area contributed by atoms with Gasteiger partial charge in [-0.15, -0.1) is 5.10 Å². The van der Waals surface area contributed by atoms with Gasteiger partial charge in [0.2, 0.25) is 5.88 Å². The number of allylic oxidation sites excluding steroid dienone is 1. The number of hydrogen-bond donors (Lipinski definition) is 3. The highest BCUT2D eigenvalue weighted by atomic mass is 16.5. The van der Waals surface area contributed by atoms with E-state index in [9.17, 15) is 14.7 Å². The number of ether oxygens (including phenoxy) is 2. The lowest BCUT2D eigenvalue weighted by atomic mass is 9.99. The molecule has 4 N–H and O–H groups in total. The van der Waals surface area contributed by atoms with Gasteiger partial charge in [0.05, 0.1) is 5.56 Å². The third kappa shape index (κ3) is 4.49. The molecule has 3 fully saturated rings. The molecule has 33 heavy (non-hydrogen) atoms. The summed E-state index contributed by atoms with van der Waals surface area (Å²) < 4.78 is 13.7. The summed E-state index contributed by atoms with van der Waals surface area (Å²) in [6.07, 6.45) is 9.19. The minimum absolute atomic E-state index is 0.0524. The van der Waals surface area contributed by atoms with E-state index in [1.54, 1.807) is 4.57 Å². The molecule has 2 aliphatic heterocycles. The van der Waals surface area contributed by atoms with E-state index in [4.69, 9.17) is 15.2 Å². The fourth-order valence-corrected chi connectivity index (χ4v) is 4.62. The number of nitrogen functional groups attached to an aromatic ring is 1. The standard InChI is InChI=1S/C23H31N5O5/c24-19-17(4-1-14-5-9-32-10-6-14)21-27(13-15-7-11-33-12-8-15)22(30)18(23(31)28(21)26-19)20(29)25-16-2-3-16/h1,4,14-16,31H,2-3,5-13H2,(H2,24,26)(H,25,29)/b4-1+. The summed E-state index contributed by atoms with van der Waals surface area (Å²) in [5, 5.41) is 18.0. The van der Waals surface area contributed by atoms with E-state index >= 15 is 0 Å². The first-order valence-electron chi connectivity index (χ1n) is 11.8. The summed E-state index contributed by atoms with van der Waals surface area (Å²) in [4.78, 5) is 26.4. The Morgan fingerprint density at radius 2 is 1.79 bits per heavy atom. The molecule has 0 atom stereocenters. The third-order valence-electron chi connectivity index (χ3n) is 6.79. The molecule has 4 heterocycles. The zero-order valence-corrected chi connectivity index (χ0v) is 18.7. The minimum atomic E-state index is -0.573. The van der Waals surface area contributed by atoms with Gasteiger partial charge in [0.25, 0.3) is 11.5 Å². The van der Waals surface area contributed by atoms with Crippen molar-refractivity contribution in [3.8, 4) is 5.88 Å². The van der Waals surface area contributed by atoms with E-state index in [1.807, 2.05) is 6.08 Å². The second-order valence-electron chi connectivity index (χ2n) is 9.26. The average Bonchev–Trinajstić information content (AvgIpc) is 3.57. The number of rotatable bonds is 6. The molecule has 2 saturated heterocycles. The molecule has 1 saturated carbocycles. The number of aromatic hydroxyl groups is 1. The molecule has 0 spiro atoms. The molecule has 0 radical (unpaired) electrons. The van der Waals surface area contributed by atoms with Crippen LogP contribution in [-0.2, 0) is 16.0 Å². The second kappa shape index (κ2) is 9.18. The van der Waals surface area contributed by atoms with Gasteiger partial charge in [-0.2, -0.15) is 4.52 Å². The van der Waals surface area contributed by atoms with Crippen LogP contribution in [0.15, 0.2) is 10.9 Å². The van der Waals surface area contributed by atoms with Gasteiger partial charge in [0.1, 0.15) is 0 Å². The Morgan fingerprint density at radius 1 is 1.12 bits per heavy atom. The molecular weight excluding hydrogens is 426 g/mol. The van der Waals surface area contributed by atoms with Crippen molar-refractivity contribution < 1.29 is 19.4 Å². The van der Waals surface area contributed by atoms with E-state index in [-0.39, 0.29) is 23.3 Å². The fourth-order valence-electron chi connectivity index (χ4n) is 4.62. The lowest BCUT2D eigenvalue weighted by Gasteiger charge is -2.24. The number of carbonyl (C=O) groups excluding carboxylic acids is 1. The van der Waals surface area contributed by atoms with Gasteiger partial charge in [-0.05, 0) is 50.4 Å². The van der Waals surface area contributed by atoms with Crippen molar-refractivity contribution in [2.45, 2.75) is 51.1 Å². The molecule has 2 aromatic rings. The maximum Gasteiger partial charge on any atom is 0.270 e. The lowest BCUT2D eigenvalue weighted by molar-refractivity contribution is 0.0611. The van der Waals surface area contributed by atoms with Crippen LogP contribution in [0.1, 0.15) is 54.4 Å². The van der Waals surface area contributed by atoms with E-state index in [2.05, 4.69) is 16.5 Å². The fraction of sp³-hybridized carbons (Fsp3) is 0.609. The molecule has 0 aromatic carbocycles. The Labute approximate surface area is 191 Å². The van der Waals surface area contributed by atoms with Crippen LogP contribution in [0.2, 0.25) is 0 Å². The third-order valence-corrected chi connectivity index (χ3v) is 6.79. The predicted molar refractivity (Wildman–Crippen MR) is 122 cm³/mol. The number of anilines is 1. The Hall–Kier alpha value is -2.85. The van der Waals surface area contributed by atoms with Crippen molar-refractivity contribution in [3.63, 3.8) is 0 Å². The number of hydrogen-bond acceptors (Lipinski definition) is 7. The summed E-state index contributed by atoms with van der Waals surface area (Å²) in [5.41, 5.74) is 6.43. The van der Waals surface area contributed by atoms with Gasteiger partial charge in [-0.3, -0.25) is 14.2 Å². The van der Waals surface area contributed by atoms with Gasteiger partial charge >= 0.3 is 0 Å². The van der Waals surface area contributed by atoms with Gasteiger partial charge in [0.15, 0.2) is 17.0 Å². The van der Waals surface area contributed by atoms with Crippen LogP contribution in [0, 0.1) is 11.8 Å². The van der Waals surface area contributed by atoms with Crippen LogP contribution in [0.4, 0.5) is 5.82 Å². The zero-order chi connectivity index (χ0) is 22.9. The summed E-state index contributed by atoms with van der Waals surface area (Å²) in [6.45, 7) is 3.11. The van der Waals surface area contributed by atoms with Crippen molar-refractivity contribution in [1.29, 1.82) is 0 Å². The maximum atomic E-state index is 13.6. The average molecular weight is 458 g/mol. The van der Waals surface area contributed by atoms with Crippen molar-refractivity contribution >= 4 is 23.4 Å². The Balaban J connectivity index is 1.61. The van der Waals surface area contributed by atoms with Crippen molar-refractivity contribution in [1.82, 2.24) is 19.5 Å². The van der Waals surface area contributed by atoms with Gasteiger partial charge in [-0.25, -0.2) is 0 Å². The van der Waals surface area contributed by atoms with Crippen LogP contribution in [0.3, 0.4) is 0 Å². The summed E-state index contributed by atoms with van der Waals surface area (Å²) in [5.74, 6) is -0.285. The number of carbonyl (C=O) groups is 1. The van der Waals surface area contributed by atoms with Crippen LogP contribution in [0.25, 0.3) is 11.7 Å². The number of nitrogens with two attached hydrogens (primary N) is 1. The second-order valence-corrected chi connectivity index (χ2v) is 9.26. The Morgan fingerprint density at radius 3 is 2.45 bits per heavy atom. The molecule has 1 aliphatic carbocycles. The Kier molecular flexibility index (Phi) is 6.11. The lowest BCUT2D eigenvalue weighted by Crippen LogP contribution is -2.37. The van der Waals surface area contributed by atoms with Crippen LogP contribution in [0.5, 0.6) is 5.88 Å². The topological polar surface area (TPSA) is 133 Å². The normalized spacial score (nSPS) is 20.6. The largest absolute Gasteiger partial charge is 0.492 e. The summed E-state index contributed by atoms with van der Waals surface area (Å²) >= 11 is 0. The molecule has 3 aliphatic rings. The Bertz CT molecular complexity index is 1120. The monoisotopic (exact) mass is 457 g/mol. The van der Waals surface area contributed by atoms with Gasteiger partial charge < -0.3 is 25.6 Å². The van der Waals surface area contributed by atoms with Crippen LogP contribution < -0.4 is 16.6 Å². The highest BCUT2D eigenvalue weighted by molar-refractivity contribution is 5.97. The van der Waals surface area contributed by atoms with E-state index in [1.165, 1.54) is 4.52 Å². The number of aromatic nitrogens is 3. The quantitative estimate of drug-likeness (QED) is 0.599. The first-order valence-corrected chi connectivity index (χ1v) is 11.8. The van der Waals surface area contributed by atoms with Crippen LogP contribution in [-0.4, -0.2) is 57.7 Å². The molecule has 5 rings (SSSR count). The molecule has 2 aromatic heterocycles. The van der Waals surface area contributed by atoms with E-state index < -0.39 is 17.3 Å². The van der Waals surface area contributed by atoms with Gasteiger partial charge in [-0.1, -0.05) is 12.2 Å². The van der Waals surface area contributed by atoms with Crippen molar-refractivity contribution in [3.05, 3.63) is 27.6 Å². The highest BCUT2D eigenvalue weighted by Crippen LogP contribution is 2.28. The molecule has 10 nitrogen and oxygen atoms in total. The maximum absolute atomic E-state index is 13.6. The number of nitrogens with zero attached hydrogens (tertiary/aromatic N) is 3. The van der Waals surface area contributed by atoms with Crippen molar-refractivity contribution in [2.75, 3.05) is 32.2 Å². The molecule has 1 amide bonds. The highest BCUT2D eigenvalue weighted by Gasteiger charge is 2.31. The number of nitrogens with one attached hydrogen (secondary N) is 1. The number of fused-ring (bicyclic) bond motifs is 1. The predicted octanol–water partition coefficient (Wildman–Crippen LogP) is 1.54. The summed E-state index contributed by atoms with van der Waals surface area (Å²) in [7, 11) is 0. The molecule has 0 bridgehead atoms. The van der Waals surface area contributed by atoms with Crippen molar-refractivity contribution in [2.24, 2.45) is 11.8 Å². The minimum Gasteiger partial charge on any atom is -0.492 e. The molecule has 10 heteroatoms. The molecule has 0 unspecified atom stereocenters. The van der Waals surface area contributed by atoms with E-state index in [0.29, 0.717) is 50.1 Å². The SMILES string of the molecule is Nc1nn2c(O)c(C(=O)NC3CC3)c(=O)n(CC3CCOCC3)c2c1/C=C/C1CCOCC1. The molecular formula is C23H31N5O5. The number of amides is 1. The van der Waals surface area contributed by atoms with Gasteiger partial charge in [0, 0.05) is 39.0 Å². The van der Waals surface area contributed by atoms with Crippen LogP contribution >= 0.6 is 0 Å². The zero-order valence-electron chi connectivity index (χ0n) is 18.7. The van der Waals surface area contributed by atoms with E-state index in [0.717, 1.165) is 38.5 Å². The first kappa shape index (κ1) is 22.0. The molecule has 178 valence electrons. The smallest absolute Gasteiger partial charge is 0.270 e.